The Labute approximate surface area is 120 Å². The summed E-state index contributed by atoms with van der Waals surface area (Å²) in [6.07, 6.45) is 1.85. The number of rotatable bonds is 9. The molecule has 0 heterocycles. The zero-order valence-electron chi connectivity index (χ0n) is 11.7. The lowest BCUT2D eigenvalue weighted by atomic mass is 10.1. The highest BCUT2D eigenvalue weighted by molar-refractivity contribution is 6.30. The van der Waals surface area contributed by atoms with Crippen LogP contribution in [0.4, 0.5) is 0 Å². The molecule has 0 saturated carbocycles. The molecule has 1 aromatic carbocycles. The number of benzene rings is 1. The van der Waals surface area contributed by atoms with E-state index in [9.17, 15) is 5.11 Å². The normalized spacial score (nSPS) is 12.7. The standard InChI is InChI=1S/C15H24ClNO2/c1-12(2)5-4-8-17-10-14(18)11-19-15-7-3-6-13(16)9-15/h3,6-7,9,12,14,17-18H,4-5,8,10-11H2,1-2H3. The van der Waals surface area contributed by atoms with E-state index in [1.165, 1.54) is 6.42 Å². The van der Waals surface area contributed by atoms with Crippen LogP contribution in [0.3, 0.4) is 0 Å². The lowest BCUT2D eigenvalue weighted by Crippen LogP contribution is -2.32. The van der Waals surface area contributed by atoms with Crippen molar-refractivity contribution in [3.63, 3.8) is 0 Å². The fourth-order valence-electron chi connectivity index (χ4n) is 1.71. The zero-order chi connectivity index (χ0) is 14.1. The third-order valence-electron chi connectivity index (χ3n) is 2.75. The van der Waals surface area contributed by atoms with E-state index in [4.69, 9.17) is 16.3 Å². The monoisotopic (exact) mass is 285 g/mol. The topological polar surface area (TPSA) is 41.5 Å². The fraction of sp³-hybridized carbons (Fsp3) is 0.600. The summed E-state index contributed by atoms with van der Waals surface area (Å²) >= 11 is 5.85. The molecule has 0 spiro atoms. The summed E-state index contributed by atoms with van der Waals surface area (Å²) in [5.74, 6) is 1.42. The Bertz CT molecular complexity index is 358. The molecule has 0 aliphatic heterocycles. The lowest BCUT2D eigenvalue weighted by molar-refractivity contribution is 0.106. The largest absolute Gasteiger partial charge is 0.491 e. The average molecular weight is 286 g/mol. The third-order valence-corrected chi connectivity index (χ3v) is 2.99. The van der Waals surface area contributed by atoms with Gasteiger partial charge >= 0.3 is 0 Å². The summed E-state index contributed by atoms with van der Waals surface area (Å²) in [7, 11) is 0. The van der Waals surface area contributed by atoms with Crippen LogP contribution in [-0.2, 0) is 0 Å². The van der Waals surface area contributed by atoms with Gasteiger partial charge in [-0.25, -0.2) is 0 Å². The molecule has 3 nitrogen and oxygen atoms in total. The minimum absolute atomic E-state index is 0.275. The fourth-order valence-corrected chi connectivity index (χ4v) is 1.89. The molecule has 4 heteroatoms. The van der Waals surface area contributed by atoms with Crippen molar-refractivity contribution in [2.75, 3.05) is 19.7 Å². The van der Waals surface area contributed by atoms with E-state index in [2.05, 4.69) is 19.2 Å². The van der Waals surface area contributed by atoms with Crippen LogP contribution < -0.4 is 10.1 Å². The molecule has 0 bridgehead atoms. The van der Waals surface area contributed by atoms with Gasteiger partial charge in [-0.1, -0.05) is 31.5 Å². The van der Waals surface area contributed by atoms with Crippen molar-refractivity contribution in [2.45, 2.75) is 32.8 Å². The quantitative estimate of drug-likeness (QED) is 0.685. The lowest BCUT2D eigenvalue weighted by Gasteiger charge is -2.13. The summed E-state index contributed by atoms with van der Waals surface area (Å²) in [4.78, 5) is 0. The first-order valence-electron chi connectivity index (χ1n) is 6.85. The Morgan fingerprint density at radius 3 is 2.84 bits per heavy atom. The maximum Gasteiger partial charge on any atom is 0.120 e. The predicted molar refractivity (Wildman–Crippen MR) is 79.9 cm³/mol. The number of hydrogen-bond acceptors (Lipinski definition) is 3. The molecular weight excluding hydrogens is 262 g/mol. The van der Waals surface area contributed by atoms with E-state index < -0.39 is 6.10 Å². The highest BCUT2D eigenvalue weighted by Crippen LogP contribution is 2.17. The van der Waals surface area contributed by atoms with Crippen LogP contribution in [0.1, 0.15) is 26.7 Å². The maximum absolute atomic E-state index is 9.77. The Kier molecular flexibility index (Phi) is 7.87. The SMILES string of the molecule is CC(C)CCCNCC(O)COc1cccc(Cl)c1. The molecule has 2 N–H and O–H groups in total. The van der Waals surface area contributed by atoms with Gasteiger partial charge in [0.25, 0.3) is 0 Å². The van der Waals surface area contributed by atoms with Gasteiger partial charge in [0.2, 0.25) is 0 Å². The first kappa shape index (κ1) is 16.3. The number of ether oxygens (including phenoxy) is 1. The van der Waals surface area contributed by atoms with Gasteiger partial charge in [0.1, 0.15) is 18.5 Å². The van der Waals surface area contributed by atoms with Crippen molar-refractivity contribution in [3.8, 4) is 5.75 Å². The van der Waals surface area contributed by atoms with Gasteiger partial charge in [-0.15, -0.1) is 0 Å². The van der Waals surface area contributed by atoms with E-state index in [-0.39, 0.29) is 6.61 Å². The van der Waals surface area contributed by atoms with Gasteiger partial charge in [-0.3, -0.25) is 0 Å². The molecule has 108 valence electrons. The molecule has 1 rings (SSSR count). The van der Waals surface area contributed by atoms with Gasteiger partial charge in [0.15, 0.2) is 0 Å². The smallest absolute Gasteiger partial charge is 0.120 e. The molecule has 1 unspecified atom stereocenters. The Balaban J connectivity index is 2.09. The molecule has 0 aromatic heterocycles. The van der Waals surface area contributed by atoms with Crippen LogP contribution in [0.25, 0.3) is 0 Å². The van der Waals surface area contributed by atoms with Gasteiger partial charge in [0, 0.05) is 11.6 Å². The molecule has 0 radical (unpaired) electrons. The third kappa shape index (κ3) is 8.09. The van der Waals surface area contributed by atoms with Crippen molar-refractivity contribution < 1.29 is 9.84 Å². The summed E-state index contributed by atoms with van der Waals surface area (Å²) < 4.78 is 5.47. The van der Waals surface area contributed by atoms with Crippen LogP contribution in [-0.4, -0.2) is 30.9 Å². The summed E-state index contributed by atoms with van der Waals surface area (Å²) in [5, 5.41) is 13.6. The van der Waals surface area contributed by atoms with Gasteiger partial charge < -0.3 is 15.2 Å². The van der Waals surface area contributed by atoms with E-state index >= 15 is 0 Å². The van der Waals surface area contributed by atoms with Crippen molar-refractivity contribution in [3.05, 3.63) is 29.3 Å². The van der Waals surface area contributed by atoms with Crippen LogP contribution in [0.15, 0.2) is 24.3 Å². The first-order valence-corrected chi connectivity index (χ1v) is 7.23. The molecule has 1 aromatic rings. The highest BCUT2D eigenvalue weighted by Gasteiger charge is 2.05. The van der Waals surface area contributed by atoms with E-state index in [1.807, 2.05) is 12.1 Å². The molecular formula is C15H24ClNO2. The molecule has 19 heavy (non-hydrogen) atoms. The summed E-state index contributed by atoms with van der Waals surface area (Å²) in [6, 6.07) is 7.19. The zero-order valence-corrected chi connectivity index (χ0v) is 12.5. The van der Waals surface area contributed by atoms with Gasteiger partial charge in [-0.2, -0.15) is 0 Å². The average Bonchev–Trinajstić information content (AvgIpc) is 2.35. The molecule has 0 amide bonds. The van der Waals surface area contributed by atoms with Crippen LogP contribution in [0, 0.1) is 5.92 Å². The Morgan fingerprint density at radius 1 is 1.37 bits per heavy atom. The maximum atomic E-state index is 9.77. The second-order valence-corrected chi connectivity index (χ2v) is 5.60. The van der Waals surface area contributed by atoms with Crippen LogP contribution >= 0.6 is 11.6 Å². The van der Waals surface area contributed by atoms with Crippen LogP contribution in [0.5, 0.6) is 5.75 Å². The number of hydrogen-bond donors (Lipinski definition) is 2. The van der Waals surface area contributed by atoms with Crippen molar-refractivity contribution in [2.24, 2.45) is 5.92 Å². The summed E-state index contributed by atoms with van der Waals surface area (Å²) in [6.45, 7) is 6.20. The van der Waals surface area contributed by atoms with Crippen molar-refractivity contribution in [1.82, 2.24) is 5.32 Å². The molecule has 0 aliphatic carbocycles. The number of aliphatic hydroxyl groups excluding tert-OH is 1. The molecule has 0 saturated heterocycles. The van der Waals surface area contributed by atoms with E-state index in [0.717, 1.165) is 18.9 Å². The van der Waals surface area contributed by atoms with Gasteiger partial charge in [0.05, 0.1) is 0 Å². The molecule has 0 fully saturated rings. The summed E-state index contributed by atoms with van der Waals surface area (Å²) in [5.41, 5.74) is 0. The molecule has 0 aliphatic rings. The number of halogens is 1. The molecule has 1 atom stereocenters. The minimum atomic E-state index is -0.502. The number of aliphatic hydroxyl groups is 1. The second-order valence-electron chi connectivity index (χ2n) is 5.16. The number of nitrogens with one attached hydrogen (secondary N) is 1. The second kappa shape index (κ2) is 9.18. The Hall–Kier alpha value is -0.770. The van der Waals surface area contributed by atoms with E-state index in [0.29, 0.717) is 17.3 Å². The highest BCUT2D eigenvalue weighted by atomic mass is 35.5. The first-order chi connectivity index (χ1) is 9.08. The van der Waals surface area contributed by atoms with Crippen LogP contribution in [0.2, 0.25) is 5.02 Å². The van der Waals surface area contributed by atoms with Gasteiger partial charge in [-0.05, 0) is 43.5 Å². The predicted octanol–water partition coefficient (Wildman–Crippen LogP) is 3.11. The Morgan fingerprint density at radius 2 is 2.16 bits per heavy atom. The minimum Gasteiger partial charge on any atom is -0.491 e. The van der Waals surface area contributed by atoms with Crippen molar-refractivity contribution >= 4 is 11.6 Å². The van der Waals surface area contributed by atoms with E-state index in [1.54, 1.807) is 12.1 Å². The van der Waals surface area contributed by atoms with Crippen molar-refractivity contribution in [1.29, 1.82) is 0 Å².